The minimum Gasteiger partial charge on any atom is -0.494 e. The Morgan fingerprint density at radius 2 is 1.71 bits per heavy atom. The summed E-state index contributed by atoms with van der Waals surface area (Å²) in [6, 6.07) is 23.5. The number of carbonyl (C=O) groups is 1. The molecular weight excluding hydrogens is 429 g/mol. The third kappa shape index (κ3) is 5.81. The molecule has 3 aromatic rings. The van der Waals surface area contributed by atoms with Crippen molar-refractivity contribution in [3.63, 3.8) is 0 Å². The lowest BCUT2D eigenvalue weighted by atomic mass is 10.0. The van der Waals surface area contributed by atoms with Gasteiger partial charge in [-0.3, -0.25) is 4.79 Å². The summed E-state index contributed by atoms with van der Waals surface area (Å²) in [5.74, 6) is 0.427. The van der Waals surface area contributed by atoms with E-state index in [4.69, 9.17) is 10.00 Å². The van der Waals surface area contributed by atoms with Gasteiger partial charge in [0.2, 0.25) is 0 Å². The first-order chi connectivity index (χ1) is 16.5. The van der Waals surface area contributed by atoms with Crippen molar-refractivity contribution in [1.82, 2.24) is 9.80 Å². The number of hydrogen-bond acceptors (Lipinski definition) is 4. The largest absolute Gasteiger partial charge is 0.494 e. The molecule has 3 aromatic carbocycles. The van der Waals surface area contributed by atoms with Crippen molar-refractivity contribution in [3.05, 3.63) is 89.7 Å². The van der Waals surface area contributed by atoms with E-state index in [1.54, 1.807) is 4.90 Å². The highest BCUT2D eigenvalue weighted by Crippen LogP contribution is 2.23. The Hall–Kier alpha value is -3.69. The topological polar surface area (TPSA) is 56.6 Å². The summed E-state index contributed by atoms with van der Waals surface area (Å²) in [4.78, 5) is 16.8. The van der Waals surface area contributed by atoms with Gasteiger partial charge in [-0.25, -0.2) is 4.39 Å². The van der Waals surface area contributed by atoms with Crippen LogP contribution in [-0.2, 0) is 0 Å². The molecule has 0 unspecified atom stereocenters. The standard InChI is InChI=1S/C28H28FN3O2/c1-31(28(33)24-7-11-25(29)12-8-24)26-15-17-32(20-26)16-2-18-34-27-13-9-23(10-14-27)22-5-3-21(19-30)4-6-22/h3-14,26H,2,15-18,20H2,1H3/t26-/m1/s1. The maximum atomic E-state index is 13.1. The first kappa shape index (κ1) is 23.5. The van der Waals surface area contributed by atoms with E-state index in [1.807, 2.05) is 55.6 Å². The number of nitriles is 1. The van der Waals surface area contributed by atoms with Crippen LogP contribution in [0.15, 0.2) is 72.8 Å². The average molecular weight is 458 g/mol. The molecule has 1 fully saturated rings. The molecule has 0 radical (unpaired) electrons. The lowest BCUT2D eigenvalue weighted by Crippen LogP contribution is -2.39. The molecule has 0 spiro atoms. The van der Waals surface area contributed by atoms with Crippen molar-refractivity contribution in [1.29, 1.82) is 5.26 Å². The zero-order chi connectivity index (χ0) is 23.9. The second-order valence-electron chi connectivity index (χ2n) is 8.58. The van der Waals surface area contributed by atoms with Crippen LogP contribution in [0.3, 0.4) is 0 Å². The number of likely N-dealkylation sites (tertiary alicyclic amines) is 1. The molecule has 5 nitrogen and oxygen atoms in total. The van der Waals surface area contributed by atoms with Gasteiger partial charge in [0.05, 0.1) is 18.2 Å². The SMILES string of the molecule is CN(C(=O)c1ccc(F)cc1)[C@@H]1CCN(CCCOc2ccc(-c3ccc(C#N)cc3)cc2)C1. The molecule has 0 bridgehead atoms. The fraction of sp³-hybridized carbons (Fsp3) is 0.286. The van der Waals surface area contributed by atoms with Crippen LogP contribution in [0.2, 0.25) is 0 Å². The van der Waals surface area contributed by atoms with Gasteiger partial charge >= 0.3 is 0 Å². The summed E-state index contributed by atoms with van der Waals surface area (Å²) < 4.78 is 19.0. The molecule has 0 N–H and O–H groups in total. The number of likely N-dealkylation sites (N-methyl/N-ethyl adjacent to an activating group) is 1. The van der Waals surface area contributed by atoms with Gasteiger partial charge in [-0.1, -0.05) is 24.3 Å². The number of carbonyl (C=O) groups excluding carboxylic acids is 1. The van der Waals surface area contributed by atoms with Crippen molar-refractivity contribution in [3.8, 4) is 22.9 Å². The molecule has 4 rings (SSSR count). The monoisotopic (exact) mass is 457 g/mol. The Labute approximate surface area is 200 Å². The highest BCUT2D eigenvalue weighted by molar-refractivity contribution is 5.94. The predicted octanol–water partition coefficient (Wildman–Crippen LogP) is 4.98. The van der Waals surface area contributed by atoms with Crippen LogP contribution in [-0.4, -0.2) is 55.0 Å². The Bertz CT molecular complexity index is 1140. The minimum atomic E-state index is -0.337. The third-order valence-corrected chi connectivity index (χ3v) is 6.30. The predicted molar refractivity (Wildman–Crippen MR) is 130 cm³/mol. The number of hydrogen-bond donors (Lipinski definition) is 0. The average Bonchev–Trinajstić information content (AvgIpc) is 3.35. The van der Waals surface area contributed by atoms with Gasteiger partial charge in [0, 0.05) is 38.3 Å². The highest BCUT2D eigenvalue weighted by atomic mass is 19.1. The van der Waals surface area contributed by atoms with E-state index in [-0.39, 0.29) is 17.8 Å². The van der Waals surface area contributed by atoms with Crippen LogP contribution in [0.25, 0.3) is 11.1 Å². The van der Waals surface area contributed by atoms with Gasteiger partial charge in [0.15, 0.2) is 0 Å². The first-order valence-electron chi connectivity index (χ1n) is 11.5. The molecular formula is C28H28FN3O2. The molecule has 6 heteroatoms. The van der Waals surface area contributed by atoms with Crippen molar-refractivity contribution in [2.45, 2.75) is 18.9 Å². The maximum absolute atomic E-state index is 13.1. The summed E-state index contributed by atoms with van der Waals surface area (Å²) in [5, 5.41) is 8.92. The van der Waals surface area contributed by atoms with Gasteiger partial charge < -0.3 is 14.5 Å². The molecule has 0 saturated carbocycles. The Balaban J connectivity index is 1.19. The number of amides is 1. The van der Waals surface area contributed by atoms with Crippen LogP contribution < -0.4 is 4.74 Å². The van der Waals surface area contributed by atoms with E-state index in [0.717, 1.165) is 49.4 Å². The Kier molecular flexibility index (Phi) is 7.56. The quantitative estimate of drug-likeness (QED) is 0.448. The summed E-state index contributed by atoms with van der Waals surface area (Å²) in [6.45, 7) is 3.33. The van der Waals surface area contributed by atoms with Gasteiger partial charge in [-0.2, -0.15) is 5.26 Å². The van der Waals surface area contributed by atoms with Gasteiger partial charge in [-0.05, 0) is 72.5 Å². The summed E-state index contributed by atoms with van der Waals surface area (Å²) in [7, 11) is 1.82. The van der Waals surface area contributed by atoms with Crippen LogP contribution in [0.4, 0.5) is 4.39 Å². The van der Waals surface area contributed by atoms with Crippen molar-refractivity contribution in [2.75, 3.05) is 33.3 Å². The molecule has 34 heavy (non-hydrogen) atoms. The van der Waals surface area contributed by atoms with Crippen molar-refractivity contribution >= 4 is 5.91 Å². The zero-order valence-electron chi connectivity index (χ0n) is 19.3. The molecule has 0 aromatic heterocycles. The minimum absolute atomic E-state index is 0.0698. The number of benzene rings is 3. The fourth-order valence-corrected chi connectivity index (χ4v) is 4.25. The normalized spacial score (nSPS) is 15.6. The molecule has 1 aliphatic heterocycles. The smallest absolute Gasteiger partial charge is 0.253 e. The van der Waals surface area contributed by atoms with Crippen LogP contribution in [0, 0.1) is 17.1 Å². The van der Waals surface area contributed by atoms with E-state index in [0.29, 0.717) is 17.7 Å². The van der Waals surface area contributed by atoms with Gasteiger partial charge in [0.25, 0.3) is 5.91 Å². The van der Waals surface area contributed by atoms with Gasteiger partial charge in [0.1, 0.15) is 11.6 Å². The molecule has 1 saturated heterocycles. The van der Waals surface area contributed by atoms with Crippen molar-refractivity contribution < 1.29 is 13.9 Å². The fourth-order valence-electron chi connectivity index (χ4n) is 4.25. The highest BCUT2D eigenvalue weighted by Gasteiger charge is 2.28. The summed E-state index contributed by atoms with van der Waals surface area (Å²) in [6.07, 6.45) is 1.83. The Morgan fingerprint density at radius 3 is 2.35 bits per heavy atom. The van der Waals surface area contributed by atoms with Crippen LogP contribution in [0.5, 0.6) is 5.75 Å². The van der Waals surface area contributed by atoms with E-state index >= 15 is 0 Å². The lowest BCUT2D eigenvalue weighted by molar-refractivity contribution is 0.0735. The molecule has 1 atom stereocenters. The van der Waals surface area contributed by atoms with E-state index in [2.05, 4.69) is 11.0 Å². The second-order valence-corrected chi connectivity index (χ2v) is 8.58. The third-order valence-electron chi connectivity index (χ3n) is 6.30. The summed E-state index contributed by atoms with van der Waals surface area (Å²) in [5.41, 5.74) is 3.32. The maximum Gasteiger partial charge on any atom is 0.253 e. The van der Waals surface area contributed by atoms with E-state index in [9.17, 15) is 9.18 Å². The van der Waals surface area contributed by atoms with E-state index < -0.39 is 0 Å². The first-order valence-corrected chi connectivity index (χ1v) is 11.5. The zero-order valence-corrected chi connectivity index (χ0v) is 19.3. The number of rotatable bonds is 8. The second kappa shape index (κ2) is 11.0. The molecule has 0 aliphatic carbocycles. The molecule has 1 aliphatic rings. The molecule has 1 amide bonds. The summed E-state index contributed by atoms with van der Waals surface area (Å²) >= 11 is 0. The number of nitrogens with zero attached hydrogens (tertiary/aromatic N) is 3. The number of ether oxygens (including phenoxy) is 1. The lowest BCUT2D eigenvalue weighted by Gasteiger charge is -2.25. The Morgan fingerprint density at radius 1 is 1.06 bits per heavy atom. The van der Waals surface area contributed by atoms with Crippen LogP contribution in [0.1, 0.15) is 28.8 Å². The molecule has 174 valence electrons. The van der Waals surface area contributed by atoms with Crippen LogP contribution >= 0.6 is 0 Å². The number of halogens is 1. The molecule has 1 heterocycles. The van der Waals surface area contributed by atoms with Gasteiger partial charge in [-0.15, -0.1) is 0 Å². The van der Waals surface area contributed by atoms with E-state index in [1.165, 1.54) is 24.3 Å². The van der Waals surface area contributed by atoms with Crippen molar-refractivity contribution in [2.24, 2.45) is 0 Å².